The maximum absolute atomic E-state index is 12.2. The molecule has 0 aromatic carbocycles. The number of ether oxygens (including phenoxy) is 2. The maximum Gasteiger partial charge on any atom is 0.306 e. The molecule has 4 nitrogen and oxygen atoms in total. The van der Waals surface area contributed by atoms with E-state index >= 15 is 0 Å². The van der Waals surface area contributed by atoms with Crippen molar-refractivity contribution in [1.29, 1.82) is 0 Å². The standard InChI is InChI=1S/C49H88O4/c1-3-5-7-9-11-13-15-17-19-21-23-24-25-26-27-28-30-32-34-36-38-40-42-44-49(51)53-48(46-50)47-52-45-43-41-39-37-35-33-31-29-22-20-18-16-14-12-10-8-6-4-2/h6,8,12,14,18,20,29,31,35,37,48,50H,3-5,7,9-11,13,15-17,19,21-28,30,32-34,36,38-47H2,1-2H3/b8-6-,14-12-,20-18-,31-29-,37-35-. The number of carbonyl (C=O) groups is 1. The van der Waals surface area contributed by atoms with Crippen LogP contribution in [0.5, 0.6) is 0 Å². The molecule has 1 N–H and O–H groups in total. The van der Waals surface area contributed by atoms with Gasteiger partial charge in [0.05, 0.1) is 13.2 Å². The molecule has 0 aliphatic carbocycles. The van der Waals surface area contributed by atoms with Gasteiger partial charge in [-0.2, -0.15) is 0 Å². The molecule has 0 aliphatic rings. The summed E-state index contributed by atoms with van der Waals surface area (Å²) in [6, 6.07) is 0. The van der Waals surface area contributed by atoms with Crippen LogP contribution in [0.3, 0.4) is 0 Å². The SMILES string of the molecule is CC/C=C\C/C=C\C/C=C\C/C=C\C/C=C\CCCCOCC(CO)OC(=O)CCCCCCCCCCCCCCCCCCCCCCCCC. The number of unbranched alkanes of at least 4 members (excludes halogenated alkanes) is 24. The van der Waals surface area contributed by atoms with Gasteiger partial charge < -0.3 is 14.6 Å². The van der Waals surface area contributed by atoms with Crippen LogP contribution < -0.4 is 0 Å². The van der Waals surface area contributed by atoms with E-state index in [1.807, 2.05) is 0 Å². The van der Waals surface area contributed by atoms with Gasteiger partial charge in [-0.25, -0.2) is 0 Å². The quantitative estimate of drug-likeness (QED) is 0.0385. The smallest absolute Gasteiger partial charge is 0.306 e. The molecular weight excluding hydrogens is 653 g/mol. The van der Waals surface area contributed by atoms with Crippen molar-refractivity contribution in [2.45, 2.75) is 225 Å². The number of hydrogen-bond acceptors (Lipinski definition) is 4. The number of hydrogen-bond donors (Lipinski definition) is 1. The molecule has 0 saturated heterocycles. The Bertz CT molecular complexity index is 870. The lowest BCUT2D eigenvalue weighted by Gasteiger charge is -2.15. The molecule has 4 heteroatoms. The summed E-state index contributed by atoms with van der Waals surface area (Å²) < 4.78 is 11.1. The molecule has 0 bridgehead atoms. The van der Waals surface area contributed by atoms with E-state index in [9.17, 15) is 9.90 Å². The van der Waals surface area contributed by atoms with Gasteiger partial charge in [0.2, 0.25) is 0 Å². The Morgan fingerprint density at radius 2 is 0.849 bits per heavy atom. The number of esters is 1. The molecule has 0 aromatic heterocycles. The topological polar surface area (TPSA) is 55.8 Å². The van der Waals surface area contributed by atoms with Crippen molar-refractivity contribution in [2.75, 3.05) is 19.8 Å². The van der Waals surface area contributed by atoms with E-state index in [0.717, 1.165) is 64.2 Å². The van der Waals surface area contributed by atoms with Crippen LogP contribution in [-0.4, -0.2) is 37.0 Å². The van der Waals surface area contributed by atoms with Gasteiger partial charge in [0, 0.05) is 13.0 Å². The van der Waals surface area contributed by atoms with Gasteiger partial charge in [-0.1, -0.05) is 216 Å². The van der Waals surface area contributed by atoms with Crippen LogP contribution in [0.2, 0.25) is 0 Å². The first-order chi connectivity index (χ1) is 26.2. The third kappa shape index (κ3) is 44.4. The van der Waals surface area contributed by atoms with Gasteiger partial charge in [0.1, 0.15) is 6.10 Å². The van der Waals surface area contributed by atoms with Crippen LogP contribution >= 0.6 is 0 Å². The van der Waals surface area contributed by atoms with Crippen molar-refractivity contribution in [1.82, 2.24) is 0 Å². The summed E-state index contributed by atoms with van der Waals surface area (Å²) in [6.45, 7) is 5.15. The van der Waals surface area contributed by atoms with Crippen LogP contribution in [-0.2, 0) is 14.3 Å². The first-order valence-electron chi connectivity index (χ1n) is 22.9. The summed E-state index contributed by atoms with van der Waals surface area (Å²) in [5, 5.41) is 9.61. The van der Waals surface area contributed by atoms with Crippen LogP contribution in [0.25, 0.3) is 0 Å². The van der Waals surface area contributed by atoms with Crippen molar-refractivity contribution in [3.8, 4) is 0 Å². The fraction of sp³-hybridized carbons (Fsp3) is 0.776. The predicted octanol–water partition coefficient (Wildman–Crippen LogP) is 15.2. The van der Waals surface area contributed by atoms with E-state index in [1.54, 1.807) is 0 Å². The van der Waals surface area contributed by atoms with E-state index in [-0.39, 0.29) is 19.2 Å². The van der Waals surface area contributed by atoms with Gasteiger partial charge in [-0.15, -0.1) is 0 Å². The normalized spacial score (nSPS) is 12.9. The minimum Gasteiger partial charge on any atom is -0.457 e. The molecule has 0 aromatic rings. The lowest BCUT2D eigenvalue weighted by molar-refractivity contribution is -0.154. The van der Waals surface area contributed by atoms with Gasteiger partial charge in [0.15, 0.2) is 0 Å². The molecule has 1 unspecified atom stereocenters. The minimum atomic E-state index is -0.557. The first kappa shape index (κ1) is 51.1. The van der Waals surface area contributed by atoms with E-state index in [1.165, 1.54) is 135 Å². The number of aliphatic hydroxyl groups is 1. The summed E-state index contributed by atoms with van der Waals surface area (Å²) in [5.74, 6) is -0.213. The summed E-state index contributed by atoms with van der Waals surface area (Å²) in [5.41, 5.74) is 0. The highest BCUT2D eigenvalue weighted by atomic mass is 16.6. The van der Waals surface area contributed by atoms with Crippen LogP contribution in [0.1, 0.15) is 219 Å². The fourth-order valence-electron chi connectivity index (χ4n) is 6.47. The maximum atomic E-state index is 12.2. The van der Waals surface area contributed by atoms with Crippen molar-refractivity contribution in [3.05, 3.63) is 60.8 Å². The predicted molar refractivity (Wildman–Crippen MR) is 233 cm³/mol. The number of allylic oxidation sites excluding steroid dienone is 10. The lowest BCUT2D eigenvalue weighted by atomic mass is 10.0. The Labute approximate surface area is 330 Å². The van der Waals surface area contributed by atoms with Crippen molar-refractivity contribution in [3.63, 3.8) is 0 Å². The van der Waals surface area contributed by atoms with Crippen LogP contribution in [0.4, 0.5) is 0 Å². The first-order valence-corrected chi connectivity index (χ1v) is 22.9. The Hall–Kier alpha value is -1.91. The monoisotopic (exact) mass is 741 g/mol. The average Bonchev–Trinajstić information content (AvgIpc) is 3.16. The molecule has 0 heterocycles. The number of carbonyl (C=O) groups excluding carboxylic acids is 1. The van der Waals surface area contributed by atoms with Crippen molar-refractivity contribution >= 4 is 5.97 Å². The third-order valence-electron chi connectivity index (χ3n) is 9.86. The molecule has 0 spiro atoms. The number of rotatable bonds is 42. The van der Waals surface area contributed by atoms with Crippen LogP contribution in [0.15, 0.2) is 60.8 Å². The zero-order valence-electron chi connectivity index (χ0n) is 35.3. The van der Waals surface area contributed by atoms with E-state index in [2.05, 4.69) is 74.6 Å². The second-order valence-electron chi connectivity index (χ2n) is 15.1. The second-order valence-corrected chi connectivity index (χ2v) is 15.1. The van der Waals surface area contributed by atoms with Crippen molar-refractivity contribution in [2.24, 2.45) is 0 Å². The molecular formula is C49H88O4. The Kier molecular flexibility index (Phi) is 44.6. The van der Waals surface area contributed by atoms with E-state index in [0.29, 0.717) is 13.0 Å². The van der Waals surface area contributed by atoms with Gasteiger partial charge in [0.25, 0.3) is 0 Å². The molecule has 0 fully saturated rings. The Balaban J connectivity index is 3.46. The van der Waals surface area contributed by atoms with E-state index < -0.39 is 6.10 Å². The van der Waals surface area contributed by atoms with Crippen molar-refractivity contribution < 1.29 is 19.4 Å². The second kappa shape index (κ2) is 46.2. The number of aliphatic hydroxyl groups excluding tert-OH is 1. The fourth-order valence-corrected chi connectivity index (χ4v) is 6.47. The average molecular weight is 741 g/mol. The summed E-state index contributed by atoms with van der Waals surface area (Å²) >= 11 is 0. The molecule has 1 atom stereocenters. The van der Waals surface area contributed by atoms with Gasteiger partial charge in [-0.3, -0.25) is 4.79 Å². The molecule has 53 heavy (non-hydrogen) atoms. The minimum absolute atomic E-state index is 0.189. The lowest BCUT2D eigenvalue weighted by Crippen LogP contribution is -2.27. The highest BCUT2D eigenvalue weighted by Crippen LogP contribution is 2.16. The Morgan fingerprint density at radius 3 is 1.25 bits per heavy atom. The molecule has 0 rings (SSSR count). The molecule has 308 valence electrons. The molecule has 0 radical (unpaired) electrons. The summed E-state index contributed by atoms with van der Waals surface area (Å²) in [7, 11) is 0. The van der Waals surface area contributed by atoms with Crippen LogP contribution in [0, 0.1) is 0 Å². The highest BCUT2D eigenvalue weighted by molar-refractivity contribution is 5.69. The van der Waals surface area contributed by atoms with Gasteiger partial charge >= 0.3 is 5.97 Å². The molecule has 0 amide bonds. The molecule has 0 aliphatic heterocycles. The Morgan fingerprint density at radius 1 is 0.472 bits per heavy atom. The zero-order chi connectivity index (χ0) is 38.4. The van der Waals surface area contributed by atoms with E-state index in [4.69, 9.17) is 9.47 Å². The van der Waals surface area contributed by atoms with Gasteiger partial charge in [-0.05, 0) is 57.8 Å². The largest absolute Gasteiger partial charge is 0.457 e. The highest BCUT2D eigenvalue weighted by Gasteiger charge is 2.13. The summed E-state index contributed by atoms with van der Waals surface area (Å²) in [6.07, 6.45) is 61.6. The molecule has 0 saturated carbocycles. The summed E-state index contributed by atoms with van der Waals surface area (Å²) in [4.78, 5) is 12.2. The zero-order valence-corrected chi connectivity index (χ0v) is 35.3. The third-order valence-corrected chi connectivity index (χ3v) is 9.86.